The van der Waals surface area contributed by atoms with Crippen LogP contribution in [-0.2, 0) is 4.79 Å². The summed E-state index contributed by atoms with van der Waals surface area (Å²) in [5, 5.41) is 11.7. The number of aliphatic hydroxyl groups excluding tert-OH is 1. The van der Waals surface area contributed by atoms with Gasteiger partial charge in [-0.2, -0.15) is 0 Å². The summed E-state index contributed by atoms with van der Waals surface area (Å²) in [5.74, 6) is -0.155. The van der Waals surface area contributed by atoms with Crippen molar-refractivity contribution in [3.63, 3.8) is 0 Å². The van der Waals surface area contributed by atoms with E-state index in [1.807, 2.05) is 19.1 Å². The second-order valence-electron chi connectivity index (χ2n) is 4.13. The summed E-state index contributed by atoms with van der Waals surface area (Å²) < 4.78 is 0. The fraction of sp³-hybridized carbons (Fsp3) is 0.357. The lowest BCUT2D eigenvalue weighted by Gasteiger charge is -2.13. The Morgan fingerprint density at radius 2 is 2.33 bits per heavy atom. The number of carbonyl (C=O) groups excluding carboxylic acids is 1. The van der Waals surface area contributed by atoms with Gasteiger partial charge >= 0.3 is 0 Å². The summed E-state index contributed by atoms with van der Waals surface area (Å²) >= 11 is 0. The van der Waals surface area contributed by atoms with Gasteiger partial charge in [-0.15, -0.1) is 0 Å². The number of carbonyl (C=O) groups is 1. The highest BCUT2D eigenvalue weighted by Crippen LogP contribution is 2.08. The van der Waals surface area contributed by atoms with Crippen LogP contribution in [0, 0.1) is 0 Å². The Morgan fingerprint density at radius 3 is 2.94 bits per heavy atom. The quantitative estimate of drug-likeness (QED) is 0.528. The Hall–Kier alpha value is -1.81. The topological polar surface area (TPSA) is 75.3 Å². The molecule has 0 radical (unpaired) electrons. The third kappa shape index (κ3) is 5.01. The lowest BCUT2D eigenvalue weighted by molar-refractivity contribution is -0.117. The number of hydrogen-bond acceptors (Lipinski definition) is 3. The highest BCUT2D eigenvalue weighted by atomic mass is 16.3. The van der Waals surface area contributed by atoms with Gasteiger partial charge in [0.25, 0.3) is 0 Å². The van der Waals surface area contributed by atoms with Gasteiger partial charge in [0.15, 0.2) is 0 Å². The van der Waals surface area contributed by atoms with Crippen LogP contribution in [0.15, 0.2) is 30.3 Å². The van der Waals surface area contributed by atoms with Crippen LogP contribution in [0.5, 0.6) is 0 Å². The number of benzene rings is 1. The molecule has 1 atom stereocenters. The molecule has 1 amide bonds. The average molecular weight is 248 g/mol. The van der Waals surface area contributed by atoms with E-state index < -0.39 is 0 Å². The molecule has 0 aliphatic heterocycles. The van der Waals surface area contributed by atoms with Crippen LogP contribution in [0.4, 0.5) is 5.69 Å². The van der Waals surface area contributed by atoms with Gasteiger partial charge in [0.2, 0.25) is 5.91 Å². The molecular formula is C14H20N2O2. The van der Waals surface area contributed by atoms with Crippen LogP contribution < -0.4 is 11.1 Å². The lowest BCUT2D eigenvalue weighted by Crippen LogP contribution is -2.33. The molecule has 0 aliphatic carbocycles. The molecule has 1 rings (SSSR count). The number of amides is 1. The third-order valence-electron chi connectivity index (χ3n) is 2.65. The van der Waals surface area contributed by atoms with Crippen LogP contribution in [0.3, 0.4) is 0 Å². The van der Waals surface area contributed by atoms with Crippen LogP contribution >= 0.6 is 0 Å². The van der Waals surface area contributed by atoms with Crippen molar-refractivity contribution in [2.75, 3.05) is 12.3 Å². The van der Waals surface area contributed by atoms with Crippen molar-refractivity contribution in [2.45, 2.75) is 25.8 Å². The summed E-state index contributed by atoms with van der Waals surface area (Å²) in [4.78, 5) is 11.6. The molecule has 0 aromatic heterocycles. The molecule has 18 heavy (non-hydrogen) atoms. The smallest absolute Gasteiger partial charge is 0.244 e. The summed E-state index contributed by atoms with van der Waals surface area (Å²) in [7, 11) is 0. The van der Waals surface area contributed by atoms with Crippen molar-refractivity contribution < 1.29 is 9.90 Å². The largest absolute Gasteiger partial charge is 0.399 e. The van der Waals surface area contributed by atoms with Crippen molar-refractivity contribution in [3.8, 4) is 0 Å². The molecule has 1 aromatic carbocycles. The fourth-order valence-corrected chi connectivity index (χ4v) is 1.62. The number of aliphatic hydroxyl groups is 1. The van der Waals surface area contributed by atoms with E-state index in [-0.39, 0.29) is 18.6 Å². The Kier molecular flexibility index (Phi) is 5.94. The fourth-order valence-electron chi connectivity index (χ4n) is 1.62. The maximum Gasteiger partial charge on any atom is 0.244 e. The maximum absolute atomic E-state index is 11.6. The van der Waals surface area contributed by atoms with Crippen molar-refractivity contribution in [1.82, 2.24) is 5.32 Å². The SMILES string of the molecule is CCC(CCO)NC(=O)/C=C/c1cccc(N)c1. The van der Waals surface area contributed by atoms with Gasteiger partial charge in [-0.05, 0) is 36.6 Å². The summed E-state index contributed by atoms with van der Waals surface area (Å²) in [6.45, 7) is 2.06. The van der Waals surface area contributed by atoms with Crippen molar-refractivity contribution in [2.24, 2.45) is 0 Å². The molecule has 4 N–H and O–H groups in total. The number of rotatable bonds is 6. The van der Waals surface area contributed by atoms with Crippen molar-refractivity contribution >= 4 is 17.7 Å². The number of nitrogens with one attached hydrogen (secondary N) is 1. The van der Waals surface area contributed by atoms with Crippen LogP contribution in [0.1, 0.15) is 25.3 Å². The Balaban J connectivity index is 2.53. The molecular weight excluding hydrogens is 228 g/mol. The van der Waals surface area contributed by atoms with Gasteiger partial charge in [0.1, 0.15) is 0 Å². The summed E-state index contributed by atoms with van der Waals surface area (Å²) in [6, 6.07) is 7.34. The van der Waals surface area contributed by atoms with Gasteiger partial charge in [-0.25, -0.2) is 0 Å². The van der Waals surface area contributed by atoms with E-state index in [2.05, 4.69) is 5.32 Å². The van der Waals surface area contributed by atoms with E-state index in [4.69, 9.17) is 10.8 Å². The zero-order chi connectivity index (χ0) is 13.4. The Morgan fingerprint density at radius 1 is 1.56 bits per heavy atom. The molecule has 1 unspecified atom stereocenters. The molecule has 0 aliphatic rings. The number of nitrogens with two attached hydrogens (primary N) is 1. The zero-order valence-corrected chi connectivity index (χ0v) is 10.6. The minimum absolute atomic E-state index is 0.0213. The molecule has 0 heterocycles. The van der Waals surface area contributed by atoms with E-state index >= 15 is 0 Å². The molecule has 4 nitrogen and oxygen atoms in total. The Labute approximate surface area is 108 Å². The van der Waals surface area contributed by atoms with Gasteiger partial charge < -0.3 is 16.2 Å². The second kappa shape index (κ2) is 7.50. The normalized spacial score (nSPS) is 12.6. The minimum Gasteiger partial charge on any atom is -0.399 e. The molecule has 0 bridgehead atoms. The highest BCUT2D eigenvalue weighted by molar-refractivity contribution is 5.92. The van der Waals surface area contributed by atoms with E-state index in [0.29, 0.717) is 12.1 Å². The van der Waals surface area contributed by atoms with Gasteiger partial charge in [-0.3, -0.25) is 4.79 Å². The van der Waals surface area contributed by atoms with E-state index in [9.17, 15) is 4.79 Å². The highest BCUT2D eigenvalue weighted by Gasteiger charge is 2.06. The first-order valence-electron chi connectivity index (χ1n) is 6.10. The summed E-state index contributed by atoms with van der Waals surface area (Å²) in [6.07, 6.45) is 4.58. The number of hydrogen-bond donors (Lipinski definition) is 3. The van der Waals surface area contributed by atoms with Gasteiger partial charge in [-0.1, -0.05) is 19.1 Å². The standard InChI is InChI=1S/C14H20N2O2/c1-2-13(8-9-17)16-14(18)7-6-11-4-3-5-12(15)10-11/h3-7,10,13,17H,2,8-9,15H2,1H3,(H,16,18)/b7-6+. The van der Waals surface area contributed by atoms with Crippen LogP contribution in [-0.4, -0.2) is 23.7 Å². The Bertz CT molecular complexity index is 416. The van der Waals surface area contributed by atoms with Gasteiger partial charge in [0, 0.05) is 24.4 Å². The molecule has 0 saturated carbocycles. The summed E-state index contributed by atoms with van der Waals surface area (Å²) in [5.41, 5.74) is 7.20. The second-order valence-corrected chi connectivity index (χ2v) is 4.13. The number of nitrogen functional groups attached to an aromatic ring is 1. The van der Waals surface area contributed by atoms with Crippen molar-refractivity contribution in [1.29, 1.82) is 0 Å². The van der Waals surface area contributed by atoms with E-state index in [1.54, 1.807) is 18.2 Å². The van der Waals surface area contributed by atoms with Gasteiger partial charge in [0.05, 0.1) is 0 Å². The maximum atomic E-state index is 11.6. The molecule has 0 fully saturated rings. The first-order chi connectivity index (χ1) is 8.65. The predicted octanol–water partition coefficient (Wildman–Crippen LogP) is 1.56. The average Bonchev–Trinajstić information content (AvgIpc) is 2.36. The van der Waals surface area contributed by atoms with E-state index in [0.717, 1.165) is 12.0 Å². The molecule has 0 saturated heterocycles. The van der Waals surface area contributed by atoms with Crippen LogP contribution in [0.25, 0.3) is 6.08 Å². The monoisotopic (exact) mass is 248 g/mol. The molecule has 98 valence electrons. The third-order valence-corrected chi connectivity index (χ3v) is 2.65. The molecule has 0 spiro atoms. The lowest BCUT2D eigenvalue weighted by atomic mass is 10.1. The molecule has 4 heteroatoms. The number of anilines is 1. The zero-order valence-electron chi connectivity index (χ0n) is 10.6. The van der Waals surface area contributed by atoms with Crippen LogP contribution in [0.2, 0.25) is 0 Å². The minimum atomic E-state index is -0.155. The molecule has 1 aromatic rings. The first kappa shape index (κ1) is 14.3. The van der Waals surface area contributed by atoms with E-state index in [1.165, 1.54) is 6.08 Å². The first-order valence-corrected chi connectivity index (χ1v) is 6.10. The van der Waals surface area contributed by atoms with Crippen molar-refractivity contribution in [3.05, 3.63) is 35.9 Å². The predicted molar refractivity (Wildman–Crippen MR) is 73.8 cm³/mol.